The highest BCUT2D eigenvalue weighted by molar-refractivity contribution is 7.89. The van der Waals surface area contributed by atoms with E-state index in [2.05, 4.69) is 0 Å². The minimum Gasteiger partial charge on any atom is -0.331 e. The van der Waals surface area contributed by atoms with E-state index in [-0.39, 0.29) is 29.2 Å². The molecule has 1 amide bonds. The molecule has 2 aliphatic heterocycles. The number of nitrogen functional groups attached to an aromatic ring is 1. The average molecular weight is 393 g/mol. The Kier molecular flexibility index (Phi) is 4.67. The van der Waals surface area contributed by atoms with Gasteiger partial charge in [-0.2, -0.15) is 4.31 Å². The van der Waals surface area contributed by atoms with Gasteiger partial charge in [-0.05, 0) is 25.3 Å². The lowest BCUT2D eigenvalue weighted by atomic mass is 9.88. The van der Waals surface area contributed by atoms with Crippen LogP contribution in [0.5, 0.6) is 0 Å². The van der Waals surface area contributed by atoms with Crippen molar-refractivity contribution in [3.63, 3.8) is 0 Å². The van der Waals surface area contributed by atoms with Crippen LogP contribution in [-0.2, 0) is 19.6 Å². The van der Waals surface area contributed by atoms with Crippen molar-refractivity contribution in [1.29, 1.82) is 0 Å². The van der Waals surface area contributed by atoms with Crippen molar-refractivity contribution in [3.8, 4) is 0 Å². The largest absolute Gasteiger partial charge is 0.340 e. The molecule has 0 aromatic carbocycles. The molecule has 146 valence electrons. The van der Waals surface area contributed by atoms with Gasteiger partial charge in [-0.1, -0.05) is 23.9 Å². The summed E-state index contributed by atoms with van der Waals surface area (Å²) in [5.74, 6) is 5.56. The first-order valence-electron chi connectivity index (χ1n) is 9.52. The number of hydrogen-bond acceptors (Lipinski definition) is 5. The number of Topliss-reactive ketones (excluding diaryl/α,β-unsaturated/α-hetero) is 1. The van der Waals surface area contributed by atoms with Crippen LogP contribution in [-0.4, -0.2) is 54.5 Å². The maximum Gasteiger partial charge on any atom is 0.340 e. The van der Waals surface area contributed by atoms with Gasteiger partial charge in [0.15, 0.2) is 5.78 Å². The number of hydrogen-bond donors (Lipinski definition) is 1. The van der Waals surface area contributed by atoms with Crippen LogP contribution < -0.4 is 10.5 Å². The summed E-state index contributed by atoms with van der Waals surface area (Å²) in [6, 6.07) is 3.49. The van der Waals surface area contributed by atoms with E-state index in [1.807, 2.05) is 0 Å². The number of aromatic nitrogens is 1. The number of carbonyl (C=O) groups is 2. The predicted octanol–water partition coefficient (Wildman–Crippen LogP) is -0.189. The quantitative estimate of drug-likeness (QED) is 0.566. The monoisotopic (exact) mass is 393 g/mol. The number of nitrogens with zero attached hydrogens (tertiary/aromatic N) is 3. The van der Waals surface area contributed by atoms with Crippen LogP contribution in [0.4, 0.5) is 0 Å². The predicted molar refractivity (Wildman–Crippen MR) is 96.2 cm³/mol. The standard InChI is InChI=1S/C18H25N4O4S/c19-21-10-5-4-8-16(21)27(25,26)22-12-15(23)17-14(22)9-11-20(17)18(24)13-6-2-1-3-7-13/h4-5,8,10,13-14,17H,1-3,6-7,9,11-12,19H2/q+1. The lowest BCUT2D eigenvalue weighted by Gasteiger charge is -2.29. The number of pyridine rings is 1. The molecule has 1 saturated carbocycles. The summed E-state index contributed by atoms with van der Waals surface area (Å²) in [6.07, 6.45) is 6.88. The molecule has 8 nitrogen and oxygen atoms in total. The molecule has 3 fully saturated rings. The van der Waals surface area contributed by atoms with Crippen LogP contribution in [0.1, 0.15) is 38.5 Å². The molecular formula is C18H25N4O4S+. The third-order valence-electron chi connectivity index (χ3n) is 6.04. The first-order chi connectivity index (χ1) is 12.9. The molecule has 27 heavy (non-hydrogen) atoms. The molecule has 3 heterocycles. The van der Waals surface area contributed by atoms with Gasteiger partial charge in [0.25, 0.3) is 0 Å². The second-order valence-corrected chi connectivity index (χ2v) is 9.47. The molecule has 9 heteroatoms. The highest BCUT2D eigenvalue weighted by atomic mass is 32.2. The molecular weight excluding hydrogens is 368 g/mol. The Morgan fingerprint density at radius 3 is 2.59 bits per heavy atom. The highest BCUT2D eigenvalue weighted by Crippen LogP contribution is 2.35. The number of carbonyl (C=O) groups excluding carboxylic acids is 2. The van der Waals surface area contributed by atoms with Crippen LogP contribution >= 0.6 is 0 Å². The normalized spacial score (nSPS) is 27.1. The molecule has 1 aromatic heterocycles. The summed E-state index contributed by atoms with van der Waals surface area (Å²) >= 11 is 0. The smallest absolute Gasteiger partial charge is 0.331 e. The van der Waals surface area contributed by atoms with Gasteiger partial charge in [0, 0.05) is 24.6 Å². The average Bonchev–Trinajstić information content (AvgIpc) is 3.24. The lowest BCUT2D eigenvalue weighted by molar-refractivity contribution is -0.678. The van der Waals surface area contributed by atoms with Crippen LogP contribution in [0.25, 0.3) is 0 Å². The van der Waals surface area contributed by atoms with Crippen molar-refractivity contribution >= 4 is 21.7 Å². The zero-order valence-electron chi connectivity index (χ0n) is 15.2. The second kappa shape index (κ2) is 6.87. The van der Waals surface area contributed by atoms with Crippen LogP contribution in [0, 0.1) is 5.92 Å². The van der Waals surface area contributed by atoms with Crippen LogP contribution in [0.3, 0.4) is 0 Å². The van der Waals surface area contributed by atoms with Gasteiger partial charge in [-0.25, -0.2) is 14.3 Å². The van der Waals surface area contributed by atoms with Crippen molar-refractivity contribution in [3.05, 3.63) is 24.4 Å². The van der Waals surface area contributed by atoms with Crippen LogP contribution in [0.2, 0.25) is 0 Å². The van der Waals surface area contributed by atoms with E-state index in [1.165, 1.54) is 16.6 Å². The topological polar surface area (TPSA) is 105 Å². The van der Waals surface area contributed by atoms with Crippen molar-refractivity contribution in [2.75, 3.05) is 18.9 Å². The molecule has 2 unspecified atom stereocenters. The summed E-state index contributed by atoms with van der Waals surface area (Å²) in [5.41, 5.74) is 0. The number of amides is 1. The zero-order chi connectivity index (χ0) is 19.2. The molecule has 2 saturated heterocycles. The molecule has 2 atom stereocenters. The third-order valence-corrected chi connectivity index (χ3v) is 7.93. The van der Waals surface area contributed by atoms with Gasteiger partial charge < -0.3 is 4.90 Å². The summed E-state index contributed by atoms with van der Waals surface area (Å²) in [7, 11) is -3.92. The number of nitrogens with two attached hydrogens (primary N) is 1. The highest BCUT2D eigenvalue weighted by Gasteiger charge is 2.55. The molecule has 1 aromatic rings. The van der Waals surface area contributed by atoms with Gasteiger partial charge >= 0.3 is 15.0 Å². The lowest BCUT2D eigenvalue weighted by Crippen LogP contribution is -2.52. The minimum absolute atomic E-state index is 0.0170. The number of sulfonamides is 1. The SMILES string of the molecule is N[n+]1ccccc1S(=O)(=O)N1CC(=O)C2C1CCN2C(=O)C1CCCCC1. The van der Waals surface area contributed by atoms with Gasteiger partial charge in [0.2, 0.25) is 12.1 Å². The number of rotatable bonds is 3. The third kappa shape index (κ3) is 3.02. The minimum atomic E-state index is -3.92. The van der Waals surface area contributed by atoms with E-state index in [9.17, 15) is 18.0 Å². The van der Waals surface area contributed by atoms with Gasteiger partial charge in [-0.3, -0.25) is 9.59 Å². The maximum atomic E-state index is 13.1. The number of ketones is 1. The Bertz CT molecular complexity index is 866. The Morgan fingerprint density at radius 2 is 1.89 bits per heavy atom. The van der Waals surface area contributed by atoms with Crippen LogP contribution in [0.15, 0.2) is 29.4 Å². The van der Waals surface area contributed by atoms with Gasteiger partial charge in [0.05, 0.1) is 12.6 Å². The fraction of sp³-hybridized carbons (Fsp3) is 0.611. The summed E-state index contributed by atoms with van der Waals surface area (Å²) in [6.45, 7) is 0.223. The second-order valence-electron chi connectivity index (χ2n) is 7.63. The molecule has 4 rings (SSSR count). The van der Waals surface area contributed by atoms with Gasteiger partial charge in [0.1, 0.15) is 6.04 Å². The summed E-state index contributed by atoms with van der Waals surface area (Å²) in [4.78, 5) is 27.3. The van der Waals surface area contributed by atoms with Gasteiger partial charge in [-0.15, -0.1) is 0 Å². The molecule has 2 N–H and O–H groups in total. The Morgan fingerprint density at radius 1 is 1.15 bits per heavy atom. The molecule has 3 aliphatic rings. The molecule has 1 aliphatic carbocycles. The first kappa shape index (κ1) is 18.4. The molecule has 0 bridgehead atoms. The van der Waals surface area contributed by atoms with Crippen molar-refractivity contribution in [1.82, 2.24) is 9.21 Å². The van der Waals surface area contributed by atoms with E-state index < -0.39 is 22.1 Å². The zero-order valence-corrected chi connectivity index (χ0v) is 16.0. The Hall–Kier alpha value is -2.00. The number of likely N-dealkylation sites (tertiary alicyclic amines) is 1. The fourth-order valence-electron chi connectivity index (χ4n) is 4.70. The Labute approximate surface area is 159 Å². The first-order valence-corrected chi connectivity index (χ1v) is 11.0. The molecule has 0 spiro atoms. The van der Waals surface area contributed by atoms with E-state index in [4.69, 9.17) is 5.84 Å². The van der Waals surface area contributed by atoms with E-state index in [0.717, 1.165) is 36.8 Å². The van der Waals surface area contributed by atoms with Crippen molar-refractivity contribution < 1.29 is 22.7 Å². The summed E-state index contributed by atoms with van der Waals surface area (Å²) < 4.78 is 28.5. The fourth-order valence-corrected chi connectivity index (χ4v) is 6.40. The van der Waals surface area contributed by atoms with E-state index >= 15 is 0 Å². The van der Waals surface area contributed by atoms with Crippen molar-refractivity contribution in [2.45, 2.75) is 55.6 Å². The molecule has 0 radical (unpaired) electrons. The Balaban J connectivity index is 1.59. The van der Waals surface area contributed by atoms with E-state index in [1.54, 1.807) is 17.0 Å². The number of fused-ring (bicyclic) bond motifs is 1. The maximum absolute atomic E-state index is 13.1. The van der Waals surface area contributed by atoms with E-state index in [0.29, 0.717) is 13.0 Å². The van der Waals surface area contributed by atoms with Crippen molar-refractivity contribution in [2.24, 2.45) is 5.92 Å². The summed E-state index contributed by atoms with van der Waals surface area (Å²) in [5, 5.41) is -0.0597.